The molecule has 1 aliphatic heterocycles. The summed E-state index contributed by atoms with van der Waals surface area (Å²) in [5, 5.41) is 3.90. The first-order valence-electron chi connectivity index (χ1n) is 25.6. The van der Waals surface area contributed by atoms with Crippen LogP contribution in [0, 0.1) is 11.8 Å². The van der Waals surface area contributed by atoms with Crippen molar-refractivity contribution >= 4 is 18.5 Å². The van der Waals surface area contributed by atoms with Crippen LogP contribution in [0.25, 0.3) is 32.6 Å². The Morgan fingerprint density at radius 3 is 1.22 bits per heavy atom. The molecule has 0 N–H and O–H groups in total. The van der Waals surface area contributed by atoms with E-state index in [0.717, 1.165) is 11.8 Å². The van der Waals surface area contributed by atoms with E-state index in [0.29, 0.717) is 7.25 Å². The molecule has 4 aromatic rings. The zero-order chi connectivity index (χ0) is 42.7. The third-order valence-corrected chi connectivity index (χ3v) is 26.0. The maximum absolute atomic E-state index is 2.91. The summed E-state index contributed by atoms with van der Waals surface area (Å²) in [7, 11) is -2.34. The molecule has 2 fully saturated rings. The molecule has 7 aliphatic rings. The second kappa shape index (κ2) is 17.8. The van der Waals surface area contributed by atoms with Gasteiger partial charge in [0.05, 0.1) is 0 Å². The number of hydrogen-bond donors (Lipinski definition) is 0. The average Bonchev–Trinajstić information content (AvgIpc) is 4.05. The molecule has 64 heavy (non-hydrogen) atoms. The van der Waals surface area contributed by atoms with Gasteiger partial charge in [0.1, 0.15) is 0 Å². The van der Waals surface area contributed by atoms with Crippen molar-refractivity contribution in [2.24, 2.45) is 11.8 Å². The smallest absolute Gasteiger partial charge is 1.00 e. The fraction of sp³-hybridized carbons (Fsp3) is 0.533. The Hall–Kier alpha value is -1.96. The van der Waals surface area contributed by atoms with Crippen LogP contribution in [0.5, 0.6) is 0 Å². The molecule has 0 radical (unpaired) electrons. The van der Waals surface area contributed by atoms with E-state index in [1.807, 2.05) is 32.7 Å². The van der Waals surface area contributed by atoms with Crippen molar-refractivity contribution in [3.05, 3.63) is 127 Å². The van der Waals surface area contributed by atoms with Crippen LogP contribution in [-0.2, 0) is 59.7 Å². The average molecular weight is 985 g/mol. The summed E-state index contributed by atoms with van der Waals surface area (Å²) in [4.78, 5) is 0. The van der Waals surface area contributed by atoms with Gasteiger partial charge in [-0.3, -0.25) is 0 Å². The maximum atomic E-state index is 2.91. The SMILES string of the molecule is CC(C)(C)c1ccc(-c2c3c(cc4c2C2=C(CC5CCCCC5)[CH]4[Zr+2][CH]4C(CC5CCCCC5)=C(c5c4cc4c(c5-c5ccc(C(C)(C)C)cc5)CCC4)[Si]2(C)C)CCC3)cc1.[Cl-].[Cl-]. The first-order valence-corrected chi connectivity index (χ1v) is 31.4. The molecule has 1 heterocycles. The minimum Gasteiger partial charge on any atom is -1.00 e. The molecule has 6 aliphatic carbocycles. The Labute approximate surface area is 413 Å². The minimum absolute atomic E-state index is 0. The van der Waals surface area contributed by atoms with E-state index in [-0.39, 0.29) is 35.6 Å². The van der Waals surface area contributed by atoms with Crippen LogP contribution in [0.2, 0.25) is 13.1 Å². The largest absolute Gasteiger partial charge is 1.00 e. The normalized spacial score (nSPS) is 22.4. The van der Waals surface area contributed by atoms with Gasteiger partial charge in [-0.15, -0.1) is 0 Å². The summed E-state index contributed by atoms with van der Waals surface area (Å²) in [6, 6.07) is 26.0. The predicted octanol–water partition coefficient (Wildman–Crippen LogP) is 10.7. The van der Waals surface area contributed by atoms with Crippen LogP contribution >= 0.6 is 0 Å². The number of halogens is 2. The Balaban J connectivity index is 0.00000259. The van der Waals surface area contributed by atoms with E-state index in [1.54, 1.807) is 44.5 Å². The topological polar surface area (TPSA) is 0 Å². The van der Waals surface area contributed by atoms with Gasteiger partial charge in [-0.1, -0.05) is 0 Å². The van der Waals surface area contributed by atoms with Crippen molar-refractivity contribution < 1.29 is 48.0 Å². The number of aryl methyl sites for hydroxylation is 2. The number of hydrogen-bond acceptors (Lipinski definition) is 0. The van der Waals surface area contributed by atoms with Crippen molar-refractivity contribution in [3.63, 3.8) is 0 Å². The second-order valence-corrected chi connectivity index (χ2v) is 31.9. The van der Waals surface area contributed by atoms with Crippen LogP contribution in [0.3, 0.4) is 0 Å². The number of allylic oxidation sites excluding steroid dienone is 2. The van der Waals surface area contributed by atoms with Crippen LogP contribution in [0.1, 0.15) is 194 Å². The zero-order valence-electron chi connectivity index (χ0n) is 40.6. The van der Waals surface area contributed by atoms with Crippen LogP contribution in [0.15, 0.2) is 71.8 Å². The van der Waals surface area contributed by atoms with Gasteiger partial charge in [0.15, 0.2) is 0 Å². The molecular weight excluding hydrogens is 911 g/mol. The molecule has 0 aromatic heterocycles. The Morgan fingerprint density at radius 2 is 0.859 bits per heavy atom. The van der Waals surface area contributed by atoms with Gasteiger partial charge < -0.3 is 24.8 Å². The molecule has 0 saturated heterocycles. The summed E-state index contributed by atoms with van der Waals surface area (Å²) in [6.45, 7) is 20.1. The van der Waals surface area contributed by atoms with E-state index in [1.165, 1.54) is 138 Å². The Kier molecular flexibility index (Phi) is 13.1. The number of fused-ring (bicyclic) bond motifs is 10. The van der Waals surface area contributed by atoms with Crippen molar-refractivity contribution in [2.75, 3.05) is 0 Å². The van der Waals surface area contributed by atoms with E-state index >= 15 is 0 Å². The molecule has 2 unspecified atom stereocenters. The molecule has 336 valence electrons. The fourth-order valence-corrected chi connectivity index (χ4v) is 24.3. The van der Waals surface area contributed by atoms with E-state index in [2.05, 4.69) is 115 Å². The van der Waals surface area contributed by atoms with E-state index < -0.39 is 31.3 Å². The van der Waals surface area contributed by atoms with Crippen LogP contribution in [0.4, 0.5) is 0 Å². The summed E-state index contributed by atoms with van der Waals surface area (Å²) in [5.41, 5.74) is 27.7. The van der Waals surface area contributed by atoms with Gasteiger partial charge in [0, 0.05) is 0 Å². The second-order valence-electron chi connectivity index (χ2n) is 23.9. The molecule has 4 heteroatoms. The third kappa shape index (κ3) is 7.97. The number of rotatable bonds is 6. The molecule has 0 spiro atoms. The molecule has 2 saturated carbocycles. The predicted molar refractivity (Wildman–Crippen MR) is 264 cm³/mol. The summed E-state index contributed by atoms with van der Waals surface area (Å²) < 4.78 is 1.41. The molecule has 0 nitrogen and oxygen atoms in total. The Morgan fingerprint density at radius 1 is 0.484 bits per heavy atom. The Bertz CT molecular complexity index is 2320. The third-order valence-electron chi connectivity index (χ3n) is 17.5. The molecule has 11 rings (SSSR count). The van der Waals surface area contributed by atoms with Gasteiger partial charge in [0.2, 0.25) is 0 Å². The minimum atomic E-state index is -2.34. The molecule has 4 bridgehead atoms. The number of benzene rings is 4. The van der Waals surface area contributed by atoms with Gasteiger partial charge >= 0.3 is 392 Å². The summed E-state index contributed by atoms with van der Waals surface area (Å²) >= 11 is -1.09. The van der Waals surface area contributed by atoms with Crippen molar-refractivity contribution in [1.82, 2.24) is 0 Å². The van der Waals surface area contributed by atoms with Crippen molar-refractivity contribution in [2.45, 2.75) is 188 Å². The summed E-state index contributed by atoms with van der Waals surface area (Å²) in [6.07, 6.45) is 24.9. The van der Waals surface area contributed by atoms with Crippen LogP contribution < -0.4 is 24.8 Å². The monoisotopic (exact) mass is 982 g/mol. The maximum Gasteiger partial charge on any atom is -1.00 e. The fourth-order valence-electron chi connectivity index (χ4n) is 14.4. The van der Waals surface area contributed by atoms with Gasteiger partial charge in [-0.2, -0.15) is 0 Å². The van der Waals surface area contributed by atoms with Crippen molar-refractivity contribution in [1.29, 1.82) is 0 Å². The van der Waals surface area contributed by atoms with E-state index in [9.17, 15) is 0 Å². The summed E-state index contributed by atoms with van der Waals surface area (Å²) in [5.74, 6) is 1.74. The quantitative estimate of drug-likeness (QED) is 0.169. The zero-order valence-corrected chi connectivity index (χ0v) is 45.5. The van der Waals surface area contributed by atoms with Crippen molar-refractivity contribution in [3.8, 4) is 22.3 Å². The molecule has 0 amide bonds. The standard InChI is InChI=1S/C60H74Si.2ClH.Zr/c1-59(2,3)49-29-25-41(26-30-49)53-51-23-15-21-43(51)35-45-37-47(33-39-17-11-9-12-18-39)57(55(45)53)61(7,8)58-48(34-40-19-13-10-14-20-40)38-46-36-44-22-16-24-52(44)54(56(46)58)42-27-31-50(32-28-42)60(4,5)6;;;/h25-32,35-40H,9-24,33-34H2,1-8H3;2*1H;/q;;;+2/p-2. The van der Waals surface area contributed by atoms with Gasteiger partial charge in [-0.05, 0) is 0 Å². The first kappa shape index (κ1) is 47.1. The molecular formula is C60H74Cl2SiZr. The van der Waals surface area contributed by atoms with E-state index in [4.69, 9.17) is 0 Å². The van der Waals surface area contributed by atoms with Gasteiger partial charge in [0.25, 0.3) is 0 Å². The van der Waals surface area contributed by atoms with Gasteiger partial charge in [-0.25, -0.2) is 0 Å². The van der Waals surface area contributed by atoms with Crippen LogP contribution in [-0.4, -0.2) is 8.07 Å². The molecule has 4 aromatic carbocycles. The molecule has 2 atom stereocenters. The first-order chi connectivity index (χ1) is 29.8.